The Labute approximate surface area is 107 Å². The summed E-state index contributed by atoms with van der Waals surface area (Å²) in [5.41, 5.74) is 2.96. The van der Waals surface area contributed by atoms with E-state index in [2.05, 4.69) is 22.4 Å². The molecule has 2 fully saturated rings. The Kier molecular flexibility index (Phi) is 3.32. The van der Waals surface area contributed by atoms with Crippen LogP contribution >= 0.6 is 0 Å². The number of hydrogen-bond acceptors (Lipinski definition) is 5. The lowest BCUT2D eigenvalue weighted by molar-refractivity contribution is 0.0854. The third-order valence-electron chi connectivity index (χ3n) is 4.28. The van der Waals surface area contributed by atoms with Gasteiger partial charge in [-0.05, 0) is 26.2 Å². The van der Waals surface area contributed by atoms with Crippen molar-refractivity contribution < 1.29 is 4.74 Å². The molecular weight excluding hydrogens is 230 g/mol. The fraction of sp³-hybridized carbons (Fsp3) is 0.833. The number of aryl methyl sites for hydroxylation is 1. The molecule has 0 amide bonds. The lowest BCUT2D eigenvalue weighted by Crippen LogP contribution is -2.46. The quantitative estimate of drug-likeness (QED) is 0.579. The molecule has 0 aromatic carbocycles. The predicted octanol–water partition coefficient (Wildman–Crippen LogP) is 0.240. The standard InChI is InChI=1S/C12H21N5O/c1-2-17-12(14-7-15-17)6-10(16-13)9-5-8-3-4-11(9)18-8/h7-11,16H,2-6,13H2,1H3. The van der Waals surface area contributed by atoms with Crippen molar-refractivity contribution >= 4 is 0 Å². The van der Waals surface area contributed by atoms with E-state index >= 15 is 0 Å². The number of nitrogens with one attached hydrogen (secondary N) is 1. The highest BCUT2D eigenvalue weighted by Crippen LogP contribution is 2.40. The monoisotopic (exact) mass is 251 g/mol. The lowest BCUT2D eigenvalue weighted by Gasteiger charge is -2.27. The SMILES string of the molecule is CCn1ncnc1CC(NN)C1CC2CCC1O2. The Balaban J connectivity index is 1.69. The zero-order valence-corrected chi connectivity index (χ0v) is 10.7. The Hall–Kier alpha value is -0.980. The van der Waals surface area contributed by atoms with Gasteiger partial charge in [-0.25, -0.2) is 4.98 Å². The molecular formula is C12H21N5O. The summed E-state index contributed by atoms with van der Waals surface area (Å²) in [6.45, 7) is 2.92. The van der Waals surface area contributed by atoms with Crippen LogP contribution in [0.2, 0.25) is 0 Å². The molecule has 1 aromatic heterocycles. The van der Waals surface area contributed by atoms with Gasteiger partial charge in [0.25, 0.3) is 0 Å². The van der Waals surface area contributed by atoms with Gasteiger partial charge in [-0.3, -0.25) is 16.0 Å². The Morgan fingerprint density at radius 3 is 3.11 bits per heavy atom. The molecule has 4 atom stereocenters. The minimum Gasteiger partial charge on any atom is -0.375 e. The second-order valence-electron chi connectivity index (χ2n) is 5.24. The zero-order chi connectivity index (χ0) is 12.5. The van der Waals surface area contributed by atoms with Crippen molar-refractivity contribution in [3.63, 3.8) is 0 Å². The Bertz CT molecular complexity index is 407. The van der Waals surface area contributed by atoms with Crippen LogP contribution in [0.15, 0.2) is 6.33 Å². The first-order valence-electron chi connectivity index (χ1n) is 6.80. The number of hydrazine groups is 1. The van der Waals surface area contributed by atoms with Gasteiger partial charge in [-0.15, -0.1) is 0 Å². The van der Waals surface area contributed by atoms with Gasteiger partial charge in [0, 0.05) is 24.9 Å². The molecule has 2 aliphatic rings. The first-order valence-corrected chi connectivity index (χ1v) is 6.80. The van der Waals surface area contributed by atoms with Gasteiger partial charge in [0.2, 0.25) is 0 Å². The third-order valence-corrected chi connectivity index (χ3v) is 4.28. The highest BCUT2D eigenvalue weighted by Gasteiger charge is 2.44. The summed E-state index contributed by atoms with van der Waals surface area (Å²) in [6.07, 6.45) is 6.79. The van der Waals surface area contributed by atoms with E-state index in [9.17, 15) is 0 Å². The fourth-order valence-electron chi connectivity index (χ4n) is 3.34. The lowest BCUT2D eigenvalue weighted by atomic mass is 9.83. The largest absolute Gasteiger partial charge is 0.375 e. The molecule has 0 aliphatic carbocycles. The van der Waals surface area contributed by atoms with Gasteiger partial charge in [0.1, 0.15) is 12.2 Å². The summed E-state index contributed by atoms with van der Waals surface area (Å²) in [6, 6.07) is 0.231. The van der Waals surface area contributed by atoms with Gasteiger partial charge in [-0.2, -0.15) is 5.10 Å². The van der Waals surface area contributed by atoms with Crippen LogP contribution in [0.25, 0.3) is 0 Å². The predicted molar refractivity (Wildman–Crippen MR) is 66.5 cm³/mol. The summed E-state index contributed by atoms with van der Waals surface area (Å²) >= 11 is 0. The maximum atomic E-state index is 5.91. The first kappa shape index (κ1) is 12.1. The summed E-state index contributed by atoms with van der Waals surface area (Å²) < 4.78 is 7.83. The van der Waals surface area contributed by atoms with E-state index in [1.54, 1.807) is 6.33 Å². The minimum atomic E-state index is 0.231. The fourth-order valence-corrected chi connectivity index (χ4v) is 3.34. The topological polar surface area (TPSA) is 78.0 Å². The summed E-state index contributed by atoms with van der Waals surface area (Å²) in [5, 5.41) is 4.20. The van der Waals surface area contributed by atoms with Crippen molar-refractivity contribution in [2.75, 3.05) is 0 Å². The molecule has 2 bridgehead atoms. The maximum absolute atomic E-state index is 5.91. The third kappa shape index (κ3) is 2.04. The zero-order valence-electron chi connectivity index (χ0n) is 10.7. The van der Waals surface area contributed by atoms with Crippen LogP contribution in [0.3, 0.4) is 0 Å². The van der Waals surface area contributed by atoms with Crippen molar-refractivity contribution in [2.45, 2.75) is 57.4 Å². The van der Waals surface area contributed by atoms with Crippen molar-refractivity contribution in [3.8, 4) is 0 Å². The Morgan fingerprint density at radius 1 is 1.61 bits per heavy atom. The van der Waals surface area contributed by atoms with Crippen molar-refractivity contribution in [3.05, 3.63) is 12.2 Å². The van der Waals surface area contributed by atoms with Gasteiger partial charge in [-0.1, -0.05) is 0 Å². The van der Waals surface area contributed by atoms with Crippen LogP contribution in [0, 0.1) is 5.92 Å². The smallest absolute Gasteiger partial charge is 0.138 e. The van der Waals surface area contributed by atoms with Crippen LogP contribution < -0.4 is 11.3 Å². The molecule has 0 spiro atoms. The number of hydrogen-bond donors (Lipinski definition) is 2. The molecule has 2 saturated heterocycles. The molecule has 2 aliphatic heterocycles. The number of rotatable bonds is 5. The van der Waals surface area contributed by atoms with E-state index in [0.29, 0.717) is 18.1 Å². The average Bonchev–Trinajstić information content (AvgIpc) is 3.11. The highest BCUT2D eigenvalue weighted by molar-refractivity contribution is 4.99. The van der Waals surface area contributed by atoms with Crippen LogP contribution in [-0.2, 0) is 17.7 Å². The van der Waals surface area contributed by atoms with E-state index in [0.717, 1.165) is 25.2 Å². The van der Waals surface area contributed by atoms with E-state index in [-0.39, 0.29) is 6.04 Å². The van der Waals surface area contributed by atoms with Crippen molar-refractivity contribution in [1.29, 1.82) is 0 Å². The molecule has 1 aromatic rings. The van der Waals surface area contributed by atoms with E-state index in [1.807, 2.05) is 4.68 Å². The van der Waals surface area contributed by atoms with Crippen LogP contribution in [0.1, 0.15) is 32.0 Å². The number of ether oxygens (including phenoxy) is 1. The molecule has 18 heavy (non-hydrogen) atoms. The number of nitrogens with zero attached hydrogens (tertiary/aromatic N) is 3. The summed E-state index contributed by atoms with van der Waals surface area (Å²) in [4.78, 5) is 4.32. The average molecular weight is 251 g/mol. The first-order chi connectivity index (χ1) is 8.81. The van der Waals surface area contributed by atoms with E-state index < -0.39 is 0 Å². The number of aromatic nitrogens is 3. The van der Waals surface area contributed by atoms with Crippen LogP contribution in [0.4, 0.5) is 0 Å². The second-order valence-corrected chi connectivity index (χ2v) is 5.24. The van der Waals surface area contributed by atoms with Crippen LogP contribution in [0.5, 0.6) is 0 Å². The van der Waals surface area contributed by atoms with E-state index in [1.165, 1.54) is 12.8 Å². The van der Waals surface area contributed by atoms with Crippen molar-refractivity contribution in [2.24, 2.45) is 11.8 Å². The minimum absolute atomic E-state index is 0.231. The molecule has 3 N–H and O–H groups in total. The molecule has 0 radical (unpaired) electrons. The van der Waals surface area contributed by atoms with Crippen molar-refractivity contribution in [1.82, 2.24) is 20.2 Å². The molecule has 4 unspecified atom stereocenters. The number of fused-ring (bicyclic) bond motifs is 2. The molecule has 100 valence electrons. The molecule has 3 heterocycles. The highest BCUT2D eigenvalue weighted by atomic mass is 16.5. The summed E-state index contributed by atoms with van der Waals surface area (Å²) in [7, 11) is 0. The Morgan fingerprint density at radius 2 is 2.50 bits per heavy atom. The molecule has 6 nitrogen and oxygen atoms in total. The molecule has 0 saturated carbocycles. The van der Waals surface area contributed by atoms with Gasteiger partial charge >= 0.3 is 0 Å². The van der Waals surface area contributed by atoms with Gasteiger partial charge in [0.15, 0.2) is 0 Å². The van der Waals surface area contributed by atoms with Crippen LogP contribution in [-0.4, -0.2) is 33.0 Å². The number of nitrogens with two attached hydrogens (primary N) is 1. The summed E-state index contributed by atoms with van der Waals surface area (Å²) in [5.74, 6) is 7.24. The van der Waals surface area contributed by atoms with Gasteiger partial charge in [0.05, 0.1) is 12.2 Å². The molecule has 3 rings (SSSR count). The maximum Gasteiger partial charge on any atom is 0.138 e. The van der Waals surface area contributed by atoms with Gasteiger partial charge < -0.3 is 4.74 Å². The second kappa shape index (κ2) is 4.95. The molecule has 6 heteroatoms. The normalized spacial score (nSPS) is 32.0. The van der Waals surface area contributed by atoms with E-state index in [4.69, 9.17) is 10.6 Å².